The van der Waals surface area contributed by atoms with Gasteiger partial charge in [0.25, 0.3) is 0 Å². The Morgan fingerprint density at radius 2 is 2.07 bits per heavy atom. The first kappa shape index (κ1) is 10.7. The molecule has 6 heteroatoms. The SMILES string of the molecule is Nc1ccc(S(=O)(=O)NC2CC2)c(Cl)c1. The van der Waals surface area contributed by atoms with Gasteiger partial charge in [-0.15, -0.1) is 0 Å². The molecule has 0 radical (unpaired) electrons. The van der Waals surface area contributed by atoms with Crippen molar-refractivity contribution in [3.63, 3.8) is 0 Å². The molecule has 4 nitrogen and oxygen atoms in total. The van der Waals surface area contributed by atoms with Gasteiger partial charge in [-0.05, 0) is 31.0 Å². The summed E-state index contributed by atoms with van der Waals surface area (Å²) in [6, 6.07) is 4.45. The van der Waals surface area contributed by atoms with Gasteiger partial charge in [-0.2, -0.15) is 0 Å². The van der Waals surface area contributed by atoms with Gasteiger partial charge in [0.1, 0.15) is 4.90 Å². The molecular weight excluding hydrogens is 236 g/mol. The van der Waals surface area contributed by atoms with Crippen molar-refractivity contribution < 1.29 is 8.42 Å². The molecule has 0 aromatic heterocycles. The lowest BCUT2D eigenvalue weighted by molar-refractivity contribution is 0.581. The molecule has 82 valence electrons. The first-order valence-corrected chi connectivity index (χ1v) is 6.42. The van der Waals surface area contributed by atoms with E-state index in [2.05, 4.69) is 4.72 Å². The van der Waals surface area contributed by atoms with Gasteiger partial charge >= 0.3 is 0 Å². The summed E-state index contributed by atoms with van der Waals surface area (Å²) >= 11 is 5.82. The lowest BCUT2D eigenvalue weighted by Gasteiger charge is -2.07. The largest absolute Gasteiger partial charge is 0.399 e. The van der Waals surface area contributed by atoms with Gasteiger partial charge < -0.3 is 5.73 Å². The smallest absolute Gasteiger partial charge is 0.242 e. The van der Waals surface area contributed by atoms with Crippen LogP contribution in [-0.2, 0) is 10.0 Å². The zero-order chi connectivity index (χ0) is 11.1. The second kappa shape index (κ2) is 3.66. The molecular formula is C9H11ClN2O2S. The number of hydrogen-bond acceptors (Lipinski definition) is 3. The van der Waals surface area contributed by atoms with E-state index in [9.17, 15) is 8.42 Å². The third-order valence-electron chi connectivity index (χ3n) is 2.14. The normalized spacial score (nSPS) is 16.6. The van der Waals surface area contributed by atoms with Gasteiger partial charge in [0, 0.05) is 11.7 Å². The van der Waals surface area contributed by atoms with Crippen molar-refractivity contribution in [2.24, 2.45) is 0 Å². The van der Waals surface area contributed by atoms with Crippen LogP contribution in [0.15, 0.2) is 23.1 Å². The highest BCUT2D eigenvalue weighted by Gasteiger charge is 2.29. The van der Waals surface area contributed by atoms with Crippen LogP contribution in [0.1, 0.15) is 12.8 Å². The van der Waals surface area contributed by atoms with E-state index in [1.54, 1.807) is 0 Å². The van der Waals surface area contributed by atoms with E-state index >= 15 is 0 Å². The van der Waals surface area contributed by atoms with Gasteiger partial charge in [-0.3, -0.25) is 0 Å². The third kappa shape index (κ3) is 2.42. The van der Waals surface area contributed by atoms with Crippen molar-refractivity contribution in [1.29, 1.82) is 0 Å². The standard InChI is InChI=1S/C9H11ClN2O2S/c10-8-5-6(11)1-4-9(8)15(13,14)12-7-2-3-7/h1,4-5,7,12H,2-3,11H2. The third-order valence-corrected chi connectivity index (χ3v) is 4.15. The van der Waals surface area contributed by atoms with E-state index in [1.165, 1.54) is 18.2 Å². The van der Waals surface area contributed by atoms with Crippen LogP contribution in [0, 0.1) is 0 Å². The summed E-state index contributed by atoms with van der Waals surface area (Å²) in [4.78, 5) is 0.0882. The van der Waals surface area contributed by atoms with Crippen LogP contribution in [0.2, 0.25) is 5.02 Å². The predicted octanol–water partition coefficient (Wildman–Crippen LogP) is 1.36. The molecule has 0 unspecified atom stereocenters. The maximum Gasteiger partial charge on any atom is 0.242 e. The Labute approximate surface area is 93.5 Å². The number of rotatable bonds is 3. The average Bonchev–Trinajstić information content (AvgIpc) is 2.86. The number of hydrogen-bond donors (Lipinski definition) is 2. The van der Waals surface area contributed by atoms with E-state index in [0.717, 1.165) is 12.8 Å². The second-order valence-corrected chi connectivity index (χ2v) is 5.68. The number of anilines is 1. The van der Waals surface area contributed by atoms with Crippen molar-refractivity contribution in [2.45, 2.75) is 23.8 Å². The molecule has 15 heavy (non-hydrogen) atoms. The highest BCUT2D eigenvalue weighted by Crippen LogP contribution is 2.27. The molecule has 2 rings (SSSR count). The minimum absolute atomic E-state index is 0.0728. The maximum absolute atomic E-state index is 11.8. The highest BCUT2D eigenvalue weighted by atomic mass is 35.5. The first-order chi connectivity index (χ1) is 6.99. The second-order valence-electron chi connectivity index (χ2n) is 3.59. The van der Waals surface area contributed by atoms with E-state index in [-0.39, 0.29) is 16.0 Å². The average molecular weight is 247 g/mol. The molecule has 0 spiro atoms. The summed E-state index contributed by atoms with van der Waals surface area (Å²) in [5, 5.41) is 0.156. The molecule has 1 aromatic rings. The number of halogens is 1. The van der Waals surface area contributed by atoms with Crippen molar-refractivity contribution in [3.05, 3.63) is 23.2 Å². The van der Waals surface area contributed by atoms with Gasteiger partial charge in [0.2, 0.25) is 10.0 Å². The Kier molecular flexibility index (Phi) is 2.62. The summed E-state index contributed by atoms with van der Waals surface area (Å²) in [7, 11) is -3.48. The lowest BCUT2D eigenvalue weighted by atomic mass is 10.3. The number of nitrogens with one attached hydrogen (secondary N) is 1. The summed E-state index contributed by atoms with van der Waals surface area (Å²) in [6.07, 6.45) is 1.79. The summed E-state index contributed by atoms with van der Waals surface area (Å²) in [5.74, 6) is 0. The fourth-order valence-corrected chi connectivity index (χ4v) is 3.08. The number of nitrogens with two attached hydrogens (primary N) is 1. The van der Waals surface area contributed by atoms with Crippen molar-refractivity contribution in [2.75, 3.05) is 5.73 Å². The molecule has 0 saturated heterocycles. The van der Waals surface area contributed by atoms with Gasteiger partial charge in [-0.25, -0.2) is 13.1 Å². The van der Waals surface area contributed by atoms with E-state index in [1.807, 2.05) is 0 Å². The quantitative estimate of drug-likeness (QED) is 0.791. The molecule has 0 amide bonds. The Bertz CT molecular complexity index is 483. The molecule has 0 atom stereocenters. The van der Waals surface area contributed by atoms with Crippen LogP contribution in [0.3, 0.4) is 0 Å². The Morgan fingerprint density at radius 1 is 1.40 bits per heavy atom. The predicted molar refractivity (Wildman–Crippen MR) is 59.2 cm³/mol. The molecule has 1 aromatic carbocycles. The van der Waals surface area contributed by atoms with Crippen LogP contribution in [0.4, 0.5) is 5.69 Å². The molecule has 1 fully saturated rings. The molecule has 0 aliphatic heterocycles. The fraction of sp³-hybridized carbons (Fsp3) is 0.333. The van der Waals surface area contributed by atoms with Crippen LogP contribution in [-0.4, -0.2) is 14.5 Å². The zero-order valence-electron chi connectivity index (χ0n) is 7.90. The number of nitrogen functional groups attached to an aromatic ring is 1. The minimum atomic E-state index is -3.48. The van der Waals surface area contributed by atoms with Gasteiger partial charge in [-0.1, -0.05) is 11.6 Å². The molecule has 3 N–H and O–H groups in total. The van der Waals surface area contributed by atoms with Crippen molar-refractivity contribution in [1.82, 2.24) is 4.72 Å². The summed E-state index contributed by atoms with van der Waals surface area (Å²) < 4.78 is 26.1. The summed E-state index contributed by atoms with van der Waals surface area (Å²) in [5.41, 5.74) is 5.93. The first-order valence-electron chi connectivity index (χ1n) is 4.56. The van der Waals surface area contributed by atoms with Gasteiger partial charge in [0.05, 0.1) is 5.02 Å². The van der Waals surface area contributed by atoms with Crippen LogP contribution in [0.5, 0.6) is 0 Å². The molecule has 0 bridgehead atoms. The van der Waals surface area contributed by atoms with Crippen molar-refractivity contribution >= 4 is 27.3 Å². The maximum atomic E-state index is 11.8. The summed E-state index contributed by atoms with van der Waals surface area (Å²) in [6.45, 7) is 0. The van der Waals surface area contributed by atoms with Crippen molar-refractivity contribution in [3.8, 4) is 0 Å². The monoisotopic (exact) mass is 246 g/mol. The van der Waals surface area contributed by atoms with Crippen LogP contribution in [0.25, 0.3) is 0 Å². The lowest BCUT2D eigenvalue weighted by Crippen LogP contribution is -2.25. The molecule has 1 aliphatic carbocycles. The van der Waals surface area contributed by atoms with E-state index in [4.69, 9.17) is 17.3 Å². The molecule has 1 aliphatic rings. The van der Waals surface area contributed by atoms with E-state index < -0.39 is 10.0 Å². The molecule has 0 heterocycles. The minimum Gasteiger partial charge on any atom is -0.399 e. The van der Waals surface area contributed by atoms with Gasteiger partial charge in [0.15, 0.2) is 0 Å². The Balaban J connectivity index is 2.34. The number of sulfonamides is 1. The zero-order valence-corrected chi connectivity index (χ0v) is 9.48. The van der Waals surface area contributed by atoms with E-state index in [0.29, 0.717) is 5.69 Å². The number of benzene rings is 1. The highest BCUT2D eigenvalue weighted by molar-refractivity contribution is 7.89. The topological polar surface area (TPSA) is 72.2 Å². The Hall–Kier alpha value is -0.780. The van der Waals surface area contributed by atoms with Crippen LogP contribution >= 0.6 is 11.6 Å². The molecule has 1 saturated carbocycles. The Morgan fingerprint density at radius 3 is 2.60 bits per heavy atom. The fourth-order valence-electron chi connectivity index (χ4n) is 1.22. The van der Waals surface area contributed by atoms with Crippen LogP contribution < -0.4 is 10.5 Å².